The molecular weight excluding hydrogens is 420 g/mol. The molecule has 0 heterocycles. The normalized spacial score (nSPS) is 49.7. The van der Waals surface area contributed by atoms with Crippen LogP contribution in [0.15, 0.2) is 22.8 Å². The van der Waals surface area contributed by atoms with Crippen LogP contribution in [0.25, 0.3) is 0 Å². The van der Waals surface area contributed by atoms with Crippen molar-refractivity contribution < 1.29 is 14.6 Å². The van der Waals surface area contributed by atoms with Gasteiger partial charge in [-0.2, -0.15) is 0 Å². The largest absolute Gasteiger partial charge is 0.468 e. The number of methoxy groups -OCH3 is 1. The molecule has 5 rings (SSSR count). The number of carbonyl (C=O) groups is 1. The van der Waals surface area contributed by atoms with Gasteiger partial charge >= 0.3 is 5.97 Å². The number of fused-ring (bicyclic) bond motifs is 7. The second kappa shape index (κ2) is 7.46. The minimum Gasteiger partial charge on any atom is -0.468 e. The number of esters is 1. The third-order valence-electron chi connectivity index (χ3n) is 13.0. The molecule has 3 nitrogen and oxygen atoms in total. The summed E-state index contributed by atoms with van der Waals surface area (Å²) in [6.45, 7) is 17.0. The van der Waals surface area contributed by atoms with Crippen molar-refractivity contribution in [3.8, 4) is 0 Å². The Morgan fingerprint density at radius 1 is 0.971 bits per heavy atom. The number of carbonyl (C=O) groups excluding carboxylic acids is 1. The van der Waals surface area contributed by atoms with Gasteiger partial charge in [0, 0.05) is 0 Å². The minimum absolute atomic E-state index is 0.0114. The standard InChI is InChI=1S/C31H48O3/c1-19-11-16-31(26(33)34-8)18-17-29(6)21(25(31)20(19)2)9-10-23-28(5)14-13-24(32)27(3,4)22(28)12-15-30(23,29)7/h9,19,22-24,32H,10-18H2,1-8H3/t19-,22-,23-,24+,28+,29-,30-,31+/m1/s1. The smallest absolute Gasteiger partial charge is 0.316 e. The van der Waals surface area contributed by atoms with Gasteiger partial charge in [0.15, 0.2) is 0 Å². The van der Waals surface area contributed by atoms with E-state index in [0.29, 0.717) is 17.8 Å². The molecule has 3 heteroatoms. The Balaban J connectivity index is 1.65. The number of aliphatic hydroxyl groups is 1. The molecule has 1 N–H and O–H groups in total. The van der Waals surface area contributed by atoms with Crippen LogP contribution < -0.4 is 0 Å². The predicted octanol–water partition coefficient (Wildman–Crippen LogP) is 7.24. The van der Waals surface area contributed by atoms with Crippen LogP contribution in [-0.2, 0) is 9.53 Å². The van der Waals surface area contributed by atoms with Crippen molar-refractivity contribution in [2.45, 2.75) is 112 Å². The van der Waals surface area contributed by atoms with E-state index < -0.39 is 5.41 Å². The molecule has 8 atom stereocenters. The molecular formula is C31H48O3. The van der Waals surface area contributed by atoms with Crippen LogP contribution in [0.4, 0.5) is 0 Å². The Bertz CT molecular complexity index is 958. The van der Waals surface area contributed by atoms with Crippen LogP contribution in [0.2, 0.25) is 0 Å². The molecule has 0 unspecified atom stereocenters. The van der Waals surface area contributed by atoms with Crippen molar-refractivity contribution in [1.29, 1.82) is 0 Å². The lowest BCUT2D eigenvalue weighted by molar-refractivity contribution is -0.197. The van der Waals surface area contributed by atoms with Crippen LogP contribution in [0, 0.1) is 44.8 Å². The summed E-state index contributed by atoms with van der Waals surface area (Å²) in [5, 5.41) is 10.9. The van der Waals surface area contributed by atoms with E-state index in [4.69, 9.17) is 4.74 Å². The second-order valence-electron chi connectivity index (χ2n) is 14.2. The average Bonchev–Trinajstić information content (AvgIpc) is 2.79. The highest BCUT2D eigenvalue weighted by Gasteiger charge is 2.68. The highest BCUT2D eigenvalue weighted by atomic mass is 16.5. The summed E-state index contributed by atoms with van der Waals surface area (Å²) in [7, 11) is 1.57. The van der Waals surface area contributed by atoms with Crippen molar-refractivity contribution in [3.63, 3.8) is 0 Å². The Kier molecular flexibility index (Phi) is 5.40. The first kappa shape index (κ1) is 24.6. The Labute approximate surface area is 207 Å². The van der Waals surface area contributed by atoms with Gasteiger partial charge in [0.1, 0.15) is 0 Å². The van der Waals surface area contributed by atoms with Crippen LogP contribution in [0.5, 0.6) is 0 Å². The van der Waals surface area contributed by atoms with Crippen LogP contribution in [0.3, 0.4) is 0 Å². The number of aliphatic hydroxyl groups excluding tert-OH is 1. The molecule has 3 fully saturated rings. The molecule has 0 amide bonds. The molecule has 0 aromatic rings. The minimum atomic E-state index is -0.447. The monoisotopic (exact) mass is 468 g/mol. The lowest BCUT2D eigenvalue weighted by Crippen LogP contribution is -2.64. The molecule has 34 heavy (non-hydrogen) atoms. The predicted molar refractivity (Wildman–Crippen MR) is 137 cm³/mol. The fourth-order valence-corrected chi connectivity index (χ4v) is 10.4. The van der Waals surface area contributed by atoms with E-state index in [1.807, 2.05) is 0 Å². The van der Waals surface area contributed by atoms with Gasteiger partial charge in [-0.25, -0.2) is 0 Å². The third-order valence-corrected chi connectivity index (χ3v) is 13.0. The Hall–Kier alpha value is -1.09. The maximum atomic E-state index is 13.4. The fraction of sp³-hybridized carbons (Fsp3) is 0.839. The Morgan fingerprint density at radius 2 is 1.68 bits per heavy atom. The highest BCUT2D eigenvalue weighted by Crippen LogP contribution is 2.75. The van der Waals surface area contributed by atoms with E-state index >= 15 is 0 Å². The van der Waals surface area contributed by atoms with Gasteiger partial charge in [-0.1, -0.05) is 53.2 Å². The van der Waals surface area contributed by atoms with E-state index in [9.17, 15) is 9.90 Å². The first-order chi connectivity index (χ1) is 15.8. The lowest BCUT2D eigenvalue weighted by atomic mass is 9.34. The van der Waals surface area contributed by atoms with Gasteiger partial charge in [-0.05, 0) is 115 Å². The van der Waals surface area contributed by atoms with Crippen molar-refractivity contribution in [3.05, 3.63) is 22.8 Å². The van der Waals surface area contributed by atoms with Gasteiger partial charge in [-0.15, -0.1) is 0 Å². The van der Waals surface area contributed by atoms with Crippen LogP contribution in [0.1, 0.15) is 106 Å². The summed E-state index contributed by atoms with van der Waals surface area (Å²) in [6.07, 6.45) is 11.9. The molecule has 0 aliphatic heterocycles. The second-order valence-corrected chi connectivity index (χ2v) is 14.2. The summed E-state index contributed by atoms with van der Waals surface area (Å²) < 4.78 is 5.47. The maximum Gasteiger partial charge on any atom is 0.316 e. The molecule has 0 bridgehead atoms. The van der Waals surface area contributed by atoms with Crippen molar-refractivity contribution in [1.82, 2.24) is 0 Å². The number of hydrogen-bond donors (Lipinski definition) is 1. The van der Waals surface area contributed by atoms with Crippen LogP contribution in [-0.4, -0.2) is 24.3 Å². The molecule has 0 saturated heterocycles. The molecule has 0 aromatic carbocycles. The molecule has 5 aliphatic rings. The van der Waals surface area contributed by atoms with E-state index in [2.05, 4.69) is 54.5 Å². The van der Waals surface area contributed by atoms with Gasteiger partial charge in [-0.3, -0.25) is 4.79 Å². The summed E-state index contributed by atoms with van der Waals surface area (Å²) in [6, 6.07) is 0. The van der Waals surface area contributed by atoms with Crippen molar-refractivity contribution >= 4 is 5.97 Å². The first-order valence-electron chi connectivity index (χ1n) is 14.0. The van der Waals surface area contributed by atoms with Crippen LogP contribution >= 0.6 is 0 Å². The number of rotatable bonds is 1. The van der Waals surface area contributed by atoms with E-state index in [1.54, 1.807) is 7.11 Å². The summed E-state index contributed by atoms with van der Waals surface area (Å²) in [5.74, 6) is 1.69. The highest BCUT2D eigenvalue weighted by molar-refractivity contribution is 5.84. The lowest BCUT2D eigenvalue weighted by Gasteiger charge is -2.70. The molecule has 3 saturated carbocycles. The summed E-state index contributed by atoms with van der Waals surface area (Å²) in [5.41, 5.74) is 4.34. The molecule has 0 aromatic heterocycles. The Morgan fingerprint density at radius 3 is 2.35 bits per heavy atom. The zero-order valence-electron chi connectivity index (χ0n) is 23.0. The molecule has 0 radical (unpaired) electrons. The van der Waals surface area contributed by atoms with Crippen molar-refractivity contribution in [2.24, 2.45) is 44.8 Å². The summed E-state index contributed by atoms with van der Waals surface area (Å²) in [4.78, 5) is 13.4. The van der Waals surface area contributed by atoms with E-state index in [0.717, 1.165) is 44.9 Å². The quantitative estimate of drug-likeness (QED) is 0.413. The topological polar surface area (TPSA) is 46.5 Å². The van der Waals surface area contributed by atoms with E-state index in [-0.39, 0.29) is 33.7 Å². The number of allylic oxidation sites excluding steroid dienone is 3. The SMILES string of the molecule is COC(=O)[C@]12CC[C@@H](C)C(C)=C1C1=CC[C@@H]3[C@@]4(C)CC[C@H](O)C(C)(C)[C@H]4CC[C@@]3(C)[C@]1(C)CC2. The van der Waals surface area contributed by atoms with Crippen molar-refractivity contribution in [2.75, 3.05) is 7.11 Å². The maximum absolute atomic E-state index is 13.4. The molecule has 0 spiro atoms. The molecule has 5 aliphatic carbocycles. The average molecular weight is 469 g/mol. The molecule has 190 valence electrons. The zero-order chi connectivity index (χ0) is 24.9. The number of hydrogen-bond acceptors (Lipinski definition) is 3. The fourth-order valence-electron chi connectivity index (χ4n) is 10.4. The van der Waals surface area contributed by atoms with Gasteiger partial charge in [0.25, 0.3) is 0 Å². The van der Waals surface area contributed by atoms with Gasteiger partial charge in [0.05, 0.1) is 18.6 Å². The third kappa shape index (κ3) is 2.77. The van der Waals surface area contributed by atoms with Gasteiger partial charge in [0.2, 0.25) is 0 Å². The number of ether oxygens (including phenoxy) is 1. The zero-order valence-corrected chi connectivity index (χ0v) is 23.0. The van der Waals surface area contributed by atoms with E-state index in [1.165, 1.54) is 29.6 Å². The summed E-state index contributed by atoms with van der Waals surface area (Å²) >= 11 is 0. The first-order valence-corrected chi connectivity index (χ1v) is 14.0. The van der Waals surface area contributed by atoms with Gasteiger partial charge < -0.3 is 9.84 Å².